The number of rotatable bonds is 6. The predicted molar refractivity (Wildman–Crippen MR) is 81.3 cm³/mol. The summed E-state index contributed by atoms with van der Waals surface area (Å²) in [5, 5.41) is 12.0. The molecule has 0 aliphatic rings. The minimum atomic E-state index is -0.519. The van der Waals surface area contributed by atoms with Gasteiger partial charge in [-0.15, -0.1) is 0 Å². The van der Waals surface area contributed by atoms with Crippen molar-refractivity contribution in [1.29, 1.82) is 0 Å². The number of benzene rings is 2. The van der Waals surface area contributed by atoms with Gasteiger partial charge in [-0.25, -0.2) is 4.39 Å². The second-order valence-corrected chi connectivity index (χ2v) is 4.80. The zero-order valence-corrected chi connectivity index (χ0v) is 12.3. The van der Waals surface area contributed by atoms with Crippen LogP contribution in [-0.2, 0) is 0 Å². The van der Waals surface area contributed by atoms with Crippen LogP contribution in [0.2, 0.25) is 0 Å². The van der Waals surface area contributed by atoms with Crippen LogP contribution in [0, 0.1) is 5.82 Å². The lowest BCUT2D eigenvalue weighted by atomic mass is 10.0. The molecule has 0 radical (unpaired) electrons. The molecule has 0 heterocycles. The first-order valence-electron chi connectivity index (χ1n) is 6.96. The fourth-order valence-corrected chi connectivity index (χ4v) is 2.18. The summed E-state index contributed by atoms with van der Waals surface area (Å²) in [4.78, 5) is 12.3. The van der Waals surface area contributed by atoms with Crippen molar-refractivity contribution >= 4 is 5.91 Å². The second-order valence-electron chi connectivity index (χ2n) is 4.80. The first kappa shape index (κ1) is 16.0. The highest BCUT2D eigenvalue weighted by atomic mass is 19.1. The monoisotopic (exact) mass is 303 g/mol. The minimum absolute atomic E-state index is 0.0195. The number of hydrogen-bond donors (Lipinski definition) is 2. The summed E-state index contributed by atoms with van der Waals surface area (Å²) in [7, 11) is 1.35. The molecule has 2 rings (SSSR count). The Bertz CT molecular complexity index is 631. The van der Waals surface area contributed by atoms with Gasteiger partial charge in [-0.3, -0.25) is 4.79 Å². The van der Waals surface area contributed by atoms with Gasteiger partial charge in [-0.1, -0.05) is 30.3 Å². The summed E-state index contributed by atoms with van der Waals surface area (Å²) in [5.74, 6) is -0.847. The molecule has 5 heteroatoms. The fraction of sp³-hybridized carbons (Fsp3) is 0.235. The minimum Gasteiger partial charge on any atom is -0.494 e. The molecule has 1 atom stereocenters. The molecule has 22 heavy (non-hydrogen) atoms. The number of halogens is 1. The summed E-state index contributed by atoms with van der Waals surface area (Å²) < 4.78 is 18.3. The average molecular weight is 303 g/mol. The van der Waals surface area contributed by atoms with E-state index in [1.54, 1.807) is 0 Å². The molecule has 0 aliphatic heterocycles. The van der Waals surface area contributed by atoms with Gasteiger partial charge >= 0.3 is 0 Å². The third-order valence-corrected chi connectivity index (χ3v) is 3.34. The highest BCUT2D eigenvalue weighted by molar-refractivity contribution is 5.94. The van der Waals surface area contributed by atoms with E-state index in [2.05, 4.69) is 5.32 Å². The molecule has 0 bridgehead atoms. The molecule has 1 amide bonds. The van der Waals surface area contributed by atoms with Crippen molar-refractivity contribution in [1.82, 2.24) is 5.32 Å². The third kappa shape index (κ3) is 3.83. The van der Waals surface area contributed by atoms with Crippen molar-refractivity contribution in [2.75, 3.05) is 13.7 Å². The van der Waals surface area contributed by atoms with Gasteiger partial charge in [0.25, 0.3) is 5.91 Å². The fourth-order valence-electron chi connectivity index (χ4n) is 2.18. The molecule has 0 fully saturated rings. The van der Waals surface area contributed by atoms with Gasteiger partial charge in [0.1, 0.15) is 0 Å². The van der Waals surface area contributed by atoms with Gasteiger partial charge in [0.2, 0.25) is 0 Å². The van der Waals surface area contributed by atoms with Crippen LogP contribution in [0.4, 0.5) is 4.39 Å². The number of methoxy groups -OCH3 is 1. The van der Waals surface area contributed by atoms with Gasteiger partial charge in [0.15, 0.2) is 11.6 Å². The van der Waals surface area contributed by atoms with Crippen LogP contribution < -0.4 is 10.1 Å². The Kier molecular flexibility index (Phi) is 5.49. The Morgan fingerprint density at radius 3 is 2.64 bits per heavy atom. The van der Waals surface area contributed by atoms with Crippen LogP contribution in [0.15, 0.2) is 48.5 Å². The Morgan fingerprint density at radius 2 is 2.00 bits per heavy atom. The smallest absolute Gasteiger partial charge is 0.251 e. The molecule has 4 nitrogen and oxygen atoms in total. The molecule has 2 aromatic carbocycles. The lowest BCUT2D eigenvalue weighted by Crippen LogP contribution is -2.29. The SMILES string of the molecule is COc1cc(C(=O)NC(CCO)c2ccccc2)ccc1F. The molecular formula is C17H18FNO3. The molecule has 0 saturated heterocycles. The predicted octanol–water partition coefficient (Wildman–Crippen LogP) is 2.69. The number of hydrogen-bond acceptors (Lipinski definition) is 3. The normalized spacial score (nSPS) is 11.8. The quantitative estimate of drug-likeness (QED) is 0.862. The Hall–Kier alpha value is -2.40. The number of amides is 1. The van der Waals surface area contributed by atoms with E-state index in [-0.39, 0.29) is 24.3 Å². The Labute approximate surface area is 128 Å². The van der Waals surface area contributed by atoms with E-state index >= 15 is 0 Å². The van der Waals surface area contributed by atoms with Gasteiger partial charge in [-0.2, -0.15) is 0 Å². The molecule has 2 aromatic rings. The van der Waals surface area contributed by atoms with Crippen molar-refractivity contribution in [2.45, 2.75) is 12.5 Å². The number of carbonyl (C=O) groups excluding carboxylic acids is 1. The number of nitrogens with one attached hydrogen (secondary N) is 1. The average Bonchev–Trinajstić information content (AvgIpc) is 2.55. The Morgan fingerprint density at radius 1 is 1.27 bits per heavy atom. The highest BCUT2D eigenvalue weighted by Gasteiger charge is 2.16. The van der Waals surface area contributed by atoms with E-state index < -0.39 is 5.82 Å². The van der Waals surface area contributed by atoms with E-state index in [4.69, 9.17) is 4.74 Å². The summed E-state index contributed by atoms with van der Waals surface area (Å²) in [6.07, 6.45) is 0.397. The number of ether oxygens (including phenoxy) is 1. The zero-order valence-electron chi connectivity index (χ0n) is 12.3. The summed E-state index contributed by atoms with van der Waals surface area (Å²) in [6, 6.07) is 13.0. The highest BCUT2D eigenvalue weighted by Crippen LogP contribution is 2.20. The van der Waals surface area contributed by atoms with E-state index in [1.165, 1.54) is 25.3 Å². The van der Waals surface area contributed by atoms with Gasteiger partial charge in [0.05, 0.1) is 13.2 Å². The second kappa shape index (κ2) is 7.56. The van der Waals surface area contributed by atoms with Crippen LogP contribution in [0.25, 0.3) is 0 Å². The summed E-state index contributed by atoms with van der Waals surface area (Å²) >= 11 is 0. The number of aliphatic hydroxyl groups excluding tert-OH is 1. The third-order valence-electron chi connectivity index (χ3n) is 3.34. The maximum absolute atomic E-state index is 13.4. The van der Waals surface area contributed by atoms with E-state index in [0.29, 0.717) is 12.0 Å². The van der Waals surface area contributed by atoms with E-state index in [0.717, 1.165) is 5.56 Å². The summed E-state index contributed by atoms with van der Waals surface area (Å²) in [5.41, 5.74) is 1.20. The molecule has 1 unspecified atom stereocenters. The zero-order chi connectivity index (χ0) is 15.9. The Balaban J connectivity index is 2.18. The van der Waals surface area contributed by atoms with Crippen molar-refractivity contribution < 1.29 is 19.0 Å². The molecule has 0 saturated carbocycles. The van der Waals surface area contributed by atoms with E-state index in [9.17, 15) is 14.3 Å². The molecule has 0 aliphatic carbocycles. The maximum atomic E-state index is 13.4. The van der Waals surface area contributed by atoms with Crippen molar-refractivity contribution in [3.05, 3.63) is 65.5 Å². The largest absolute Gasteiger partial charge is 0.494 e. The van der Waals surface area contributed by atoms with Gasteiger partial charge in [0, 0.05) is 12.2 Å². The van der Waals surface area contributed by atoms with Crippen molar-refractivity contribution in [2.24, 2.45) is 0 Å². The molecule has 116 valence electrons. The molecule has 0 aromatic heterocycles. The van der Waals surface area contributed by atoms with Gasteiger partial charge < -0.3 is 15.2 Å². The van der Waals surface area contributed by atoms with Crippen LogP contribution in [0.3, 0.4) is 0 Å². The van der Waals surface area contributed by atoms with Crippen LogP contribution in [0.5, 0.6) is 5.75 Å². The lowest BCUT2D eigenvalue weighted by molar-refractivity contribution is 0.0929. The molecule has 0 spiro atoms. The van der Waals surface area contributed by atoms with E-state index in [1.807, 2.05) is 30.3 Å². The first-order chi connectivity index (χ1) is 10.7. The van der Waals surface area contributed by atoms with Crippen molar-refractivity contribution in [3.63, 3.8) is 0 Å². The molecule has 2 N–H and O–H groups in total. The van der Waals surface area contributed by atoms with Crippen LogP contribution in [0.1, 0.15) is 28.4 Å². The maximum Gasteiger partial charge on any atom is 0.251 e. The van der Waals surface area contributed by atoms with Crippen molar-refractivity contribution in [3.8, 4) is 5.75 Å². The number of aliphatic hydroxyl groups is 1. The standard InChI is InChI=1S/C17H18FNO3/c1-22-16-11-13(7-8-14(16)18)17(21)19-15(9-10-20)12-5-3-2-4-6-12/h2-8,11,15,20H,9-10H2,1H3,(H,19,21). The lowest BCUT2D eigenvalue weighted by Gasteiger charge is -2.18. The molecular weight excluding hydrogens is 285 g/mol. The summed E-state index contributed by atoms with van der Waals surface area (Å²) in [6.45, 7) is -0.0490. The first-order valence-corrected chi connectivity index (χ1v) is 6.96. The van der Waals surface area contributed by atoms with Crippen LogP contribution >= 0.6 is 0 Å². The topological polar surface area (TPSA) is 58.6 Å². The number of carbonyl (C=O) groups is 1. The van der Waals surface area contributed by atoms with Crippen LogP contribution in [-0.4, -0.2) is 24.7 Å². The van der Waals surface area contributed by atoms with Gasteiger partial charge in [-0.05, 0) is 30.2 Å².